The lowest BCUT2D eigenvalue weighted by Crippen LogP contribution is -2.10. The first kappa shape index (κ1) is 10.7. The molecule has 0 fully saturated rings. The number of nitrogens with zero attached hydrogens (tertiary/aromatic N) is 1. The summed E-state index contributed by atoms with van der Waals surface area (Å²) in [7, 11) is 1.57. The standard InChI is InChI=1S/C10H14N2O2/c1-14-10-5-8(6-12-7-10)4-9(13)2-3-11/h5-7H,2-4,11H2,1H3. The van der Waals surface area contributed by atoms with Gasteiger partial charge in [0.1, 0.15) is 11.5 Å². The zero-order chi connectivity index (χ0) is 10.4. The van der Waals surface area contributed by atoms with Crippen molar-refractivity contribution in [1.29, 1.82) is 0 Å². The van der Waals surface area contributed by atoms with Gasteiger partial charge in [0.2, 0.25) is 0 Å². The molecule has 0 aliphatic carbocycles. The highest BCUT2D eigenvalue weighted by molar-refractivity contribution is 5.80. The molecule has 1 aromatic heterocycles. The van der Waals surface area contributed by atoms with Crippen molar-refractivity contribution in [3.05, 3.63) is 24.0 Å². The highest BCUT2D eigenvalue weighted by Crippen LogP contribution is 2.11. The number of methoxy groups -OCH3 is 1. The molecule has 0 saturated heterocycles. The van der Waals surface area contributed by atoms with Crippen LogP contribution in [-0.2, 0) is 11.2 Å². The summed E-state index contributed by atoms with van der Waals surface area (Å²) in [5, 5.41) is 0. The van der Waals surface area contributed by atoms with Crippen molar-refractivity contribution < 1.29 is 9.53 Å². The number of carbonyl (C=O) groups is 1. The topological polar surface area (TPSA) is 65.2 Å². The minimum absolute atomic E-state index is 0.127. The summed E-state index contributed by atoms with van der Waals surface area (Å²) in [4.78, 5) is 15.2. The molecule has 0 aliphatic heterocycles. The van der Waals surface area contributed by atoms with Crippen LogP contribution in [0.15, 0.2) is 18.5 Å². The third kappa shape index (κ3) is 3.14. The minimum atomic E-state index is 0.127. The Balaban J connectivity index is 2.62. The Bertz CT molecular complexity index is 313. The van der Waals surface area contributed by atoms with E-state index in [2.05, 4.69) is 4.98 Å². The zero-order valence-corrected chi connectivity index (χ0v) is 8.19. The molecule has 0 aromatic carbocycles. The van der Waals surface area contributed by atoms with Gasteiger partial charge in [-0.15, -0.1) is 0 Å². The van der Waals surface area contributed by atoms with Crippen LogP contribution in [0.1, 0.15) is 12.0 Å². The predicted octanol–water partition coefficient (Wildman–Crippen LogP) is 0.551. The Morgan fingerprint density at radius 3 is 3.00 bits per heavy atom. The summed E-state index contributed by atoms with van der Waals surface area (Å²) in [6.07, 6.45) is 4.06. The molecule has 14 heavy (non-hydrogen) atoms. The van der Waals surface area contributed by atoms with Gasteiger partial charge >= 0.3 is 0 Å². The van der Waals surface area contributed by atoms with Gasteiger partial charge in [0.05, 0.1) is 13.3 Å². The number of Topliss-reactive ketones (excluding diaryl/α,β-unsaturated/α-hetero) is 1. The van der Waals surface area contributed by atoms with Crippen LogP contribution in [0.25, 0.3) is 0 Å². The average Bonchev–Trinajstić information content (AvgIpc) is 2.18. The molecular formula is C10H14N2O2. The van der Waals surface area contributed by atoms with Gasteiger partial charge in [-0.1, -0.05) is 0 Å². The van der Waals surface area contributed by atoms with Crippen LogP contribution in [0.3, 0.4) is 0 Å². The lowest BCUT2D eigenvalue weighted by molar-refractivity contribution is -0.118. The van der Waals surface area contributed by atoms with Crippen LogP contribution in [0.2, 0.25) is 0 Å². The third-order valence-corrected chi connectivity index (χ3v) is 1.83. The van der Waals surface area contributed by atoms with Crippen molar-refractivity contribution in [1.82, 2.24) is 4.98 Å². The molecular weight excluding hydrogens is 180 g/mol. The molecule has 2 N–H and O–H groups in total. The number of rotatable bonds is 5. The molecule has 0 radical (unpaired) electrons. The van der Waals surface area contributed by atoms with Crippen LogP contribution in [0, 0.1) is 0 Å². The smallest absolute Gasteiger partial charge is 0.138 e. The molecule has 0 aliphatic rings. The maximum Gasteiger partial charge on any atom is 0.138 e. The maximum absolute atomic E-state index is 11.3. The minimum Gasteiger partial charge on any atom is -0.495 e. The summed E-state index contributed by atoms with van der Waals surface area (Å²) < 4.78 is 5.00. The summed E-state index contributed by atoms with van der Waals surface area (Å²) in [5.74, 6) is 0.797. The number of carbonyl (C=O) groups excluding carboxylic acids is 1. The molecule has 0 unspecified atom stereocenters. The fourth-order valence-corrected chi connectivity index (χ4v) is 1.15. The number of ketones is 1. The van der Waals surface area contributed by atoms with Crippen LogP contribution in [0.5, 0.6) is 5.75 Å². The van der Waals surface area contributed by atoms with Gasteiger partial charge in [0, 0.05) is 19.0 Å². The lowest BCUT2D eigenvalue weighted by atomic mass is 10.1. The molecule has 4 nitrogen and oxygen atoms in total. The Morgan fingerprint density at radius 1 is 1.57 bits per heavy atom. The second kappa shape index (κ2) is 5.34. The van der Waals surface area contributed by atoms with Gasteiger partial charge in [0.15, 0.2) is 0 Å². The van der Waals surface area contributed by atoms with E-state index in [1.165, 1.54) is 0 Å². The Hall–Kier alpha value is -1.42. The second-order valence-corrected chi connectivity index (χ2v) is 2.99. The van der Waals surface area contributed by atoms with Gasteiger partial charge in [-0.25, -0.2) is 0 Å². The number of aromatic nitrogens is 1. The first-order chi connectivity index (χ1) is 6.76. The molecule has 76 valence electrons. The van der Waals surface area contributed by atoms with Crippen molar-refractivity contribution in [2.75, 3.05) is 13.7 Å². The number of hydrogen-bond acceptors (Lipinski definition) is 4. The highest BCUT2D eigenvalue weighted by atomic mass is 16.5. The van der Waals surface area contributed by atoms with Gasteiger partial charge in [-0.05, 0) is 18.2 Å². The second-order valence-electron chi connectivity index (χ2n) is 2.99. The molecule has 1 aromatic rings. The molecule has 0 amide bonds. The van der Waals surface area contributed by atoms with Gasteiger partial charge in [0.25, 0.3) is 0 Å². The van der Waals surface area contributed by atoms with Crippen LogP contribution in [0.4, 0.5) is 0 Å². The Kier molecular flexibility index (Phi) is 4.07. The van der Waals surface area contributed by atoms with Crippen LogP contribution >= 0.6 is 0 Å². The predicted molar refractivity (Wildman–Crippen MR) is 53.2 cm³/mol. The third-order valence-electron chi connectivity index (χ3n) is 1.83. The lowest BCUT2D eigenvalue weighted by Gasteiger charge is -2.02. The van der Waals surface area contributed by atoms with Crippen molar-refractivity contribution in [3.8, 4) is 5.75 Å². The average molecular weight is 194 g/mol. The maximum atomic E-state index is 11.3. The Morgan fingerprint density at radius 2 is 2.36 bits per heavy atom. The monoisotopic (exact) mass is 194 g/mol. The quantitative estimate of drug-likeness (QED) is 0.743. The SMILES string of the molecule is COc1cncc(CC(=O)CCN)c1. The fraction of sp³-hybridized carbons (Fsp3) is 0.400. The van der Waals surface area contributed by atoms with E-state index >= 15 is 0 Å². The van der Waals surface area contributed by atoms with Crippen molar-refractivity contribution in [3.63, 3.8) is 0 Å². The first-order valence-corrected chi connectivity index (χ1v) is 4.46. The number of nitrogens with two attached hydrogens (primary N) is 1. The van der Waals surface area contributed by atoms with E-state index in [4.69, 9.17) is 10.5 Å². The molecule has 0 atom stereocenters. The normalized spacial score (nSPS) is 9.86. The molecule has 1 heterocycles. The van der Waals surface area contributed by atoms with Crippen molar-refractivity contribution in [2.24, 2.45) is 5.73 Å². The largest absolute Gasteiger partial charge is 0.495 e. The Labute approximate surface area is 83.1 Å². The summed E-state index contributed by atoms with van der Waals surface area (Å²) in [6, 6.07) is 1.81. The first-order valence-electron chi connectivity index (χ1n) is 4.46. The van der Waals surface area contributed by atoms with Gasteiger partial charge in [-0.3, -0.25) is 9.78 Å². The number of ether oxygens (including phenoxy) is 1. The van der Waals surface area contributed by atoms with Gasteiger partial charge < -0.3 is 10.5 Å². The molecule has 0 saturated carbocycles. The molecule has 0 bridgehead atoms. The highest BCUT2D eigenvalue weighted by Gasteiger charge is 2.03. The summed E-state index contributed by atoms with van der Waals surface area (Å²) in [5.41, 5.74) is 6.14. The molecule has 1 rings (SSSR count). The summed E-state index contributed by atoms with van der Waals surface area (Å²) >= 11 is 0. The number of hydrogen-bond donors (Lipinski definition) is 1. The fourth-order valence-electron chi connectivity index (χ4n) is 1.15. The van der Waals surface area contributed by atoms with E-state index in [0.29, 0.717) is 25.1 Å². The van der Waals surface area contributed by atoms with Crippen molar-refractivity contribution >= 4 is 5.78 Å². The van der Waals surface area contributed by atoms with Crippen molar-refractivity contribution in [2.45, 2.75) is 12.8 Å². The van der Waals surface area contributed by atoms with E-state index in [1.54, 1.807) is 25.6 Å². The van der Waals surface area contributed by atoms with Crippen LogP contribution in [-0.4, -0.2) is 24.4 Å². The molecule has 0 spiro atoms. The van der Waals surface area contributed by atoms with E-state index in [0.717, 1.165) is 5.56 Å². The van der Waals surface area contributed by atoms with Crippen LogP contribution < -0.4 is 10.5 Å². The van der Waals surface area contributed by atoms with Gasteiger partial charge in [-0.2, -0.15) is 0 Å². The van der Waals surface area contributed by atoms with E-state index in [9.17, 15) is 4.79 Å². The van der Waals surface area contributed by atoms with E-state index in [-0.39, 0.29) is 5.78 Å². The zero-order valence-electron chi connectivity index (χ0n) is 8.19. The number of pyridine rings is 1. The van der Waals surface area contributed by atoms with E-state index in [1.807, 2.05) is 0 Å². The summed E-state index contributed by atoms with van der Waals surface area (Å²) in [6.45, 7) is 0.399. The van der Waals surface area contributed by atoms with E-state index < -0.39 is 0 Å². The molecule has 4 heteroatoms.